The molecule has 1 aliphatic rings. The highest BCUT2D eigenvalue weighted by Gasteiger charge is 2.44. The Hall–Kier alpha value is -2.71. The molecule has 1 aromatic carbocycles. The van der Waals surface area contributed by atoms with Gasteiger partial charge in [0.15, 0.2) is 5.76 Å². The fourth-order valence-corrected chi connectivity index (χ4v) is 5.17. The Balaban J connectivity index is 1.95. The van der Waals surface area contributed by atoms with Crippen molar-refractivity contribution in [1.82, 2.24) is 14.8 Å². The van der Waals surface area contributed by atoms with Crippen LogP contribution in [0.15, 0.2) is 35.6 Å². The lowest BCUT2D eigenvalue weighted by molar-refractivity contribution is -0.129. The number of benzene rings is 1. The predicted molar refractivity (Wildman–Crippen MR) is 135 cm³/mol. The molecule has 1 N–H and O–H groups in total. The van der Waals surface area contributed by atoms with E-state index in [0.29, 0.717) is 23.7 Å². The number of Topliss-reactive ketones (excluding diaryl/α,β-unsaturated/α-hetero) is 1. The zero-order chi connectivity index (χ0) is 24.8. The summed E-state index contributed by atoms with van der Waals surface area (Å²) in [7, 11) is 0. The number of carbonyl (C=O) groups excluding carboxylic acids is 2. The predicted octanol–water partition coefficient (Wildman–Crippen LogP) is 4.86. The number of hydrogen-bond donors (Lipinski definition) is 1. The maximum atomic E-state index is 13.6. The van der Waals surface area contributed by atoms with Crippen molar-refractivity contribution in [2.24, 2.45) is 0 Å². The van der Waals surface area contributed by atoms with Crippen LogP contribution in [-0.4, -0.2) is 64.4 Å². The number of ether oxygens (including phenoxy) is 1. The third-order valence-electron chi connectivity index (χ3n) is 6.09. The number of aryl methyl sites for hydroxylation is 2. The Bertz CT molecular complexity index is 1040. The third-order valence-corrected chi connectivity index (χ3v) is 7.17. The van der Waals surface area contributed by atoms with Crippen molar-refractivity contribution in [1.29, 1.82) is 0 Å². The van der Waals surface area contributed by atoms with Gasteiger partial charge in [0.2, 0.25) is 5.78 Å². The Labute approximate surface area is 206 Å². The lowest BCUT2D eigenvalue weighted by Gasteiger charge is -2.28. The minimum Gasteiger partial charge on any atom is -0.503 e. The first-order valence-electron chi connectivity index (χ1n) is 12.0. The second-order valence-corrected chi connectivity index (χ2v) is 9.64. The third kappa shape index (κ3) is 5.50. The van der Waals surface area contributed by atoms with Gasteiger partial charge in [-0.25, -0.2) is 4.98 Å². The maximum absolute atomic E-state index is 13.6. The van der Waals surface area contributed by atoms with E-state index in [2.05, 4.69) is 23.7 Å². The van der Waals surface area contributed by atoms with Gasteiger partial charge in [-0.2, -0.15) is 0 Å². The maximum Gasteiger partial charge on any atom is 0.290 e. The standard InChI is InChI=1S/C26H35N3O4S/c1-6-16-33-20-12-10-19(11-13-20)22-21(23(30)25-17(4)27-18(5)34-25)24(31)26(32)29(22)15-9-14-28(7-2)8-3/h10-13,22,31H,6-9,14-16H2,1-5H3. The SMILES string of the molecule is CCCOc1ccc(C2C(C(=O)c3sc(C)nc3C)=C(O)C(=O)N2CCCN(CC)CC)cc1. The van der Waals surface area contributed by atoms with E-state index in [9.17, 15) is 14.7 Å². The van der Waals surface area contributed by atoms with Crippen molar-refractivity contribution in [3.8, 4) is 5.75 Å². The summed E-state index contributed by atoms with van der Waals surface area (Å²) in [6.07, 6.45) is 1.65. The fourth-order valence-electron chi connectivity index (χ4n) is 4.30. The van der Waals surface area contributed by atoms with Gasteiger partial charge >= 0.3 is 0 Å². The molecule has 1 unspecified atom stereocenters. The molecule has 0 saturated carbocycles. The minimum atomic E-state index is -0.654. The lowest BCUT2D eigenvalue weighted by atomic mass is 9.95. The molecule has 0 spiro atoms. The molecule has 7 nitrogen and oxygen atoms in total. The van der Waals surface area contributed by atoms with Gasteiger partial charge in [-0.1, -0.05) is 32.9 Å². The summed E-state index contributed by atoms with van der Waals surface area (Å²) in [5.74, 6) is -0.567. The smallest absolute Gasteiger partial charge is 0.290 e. The molecule has 2 heterocycles. The van der Waals surface area contributed by atoms with Crippen LogP contribution >= 0.6 is 11.3 Å². The van der Waals surface area contributed by atoms with E-state index in [1.165, 1.54) is 11.3 Å². The number of rotatable bonds is 12. The number of ketones is 1. The van der Waals surface area contributed by atoms with Gasteiger partial charge in [-0.05, 0) is 64.0 Å². The Morgan fingerprint density at radius 1 is 1.18 bits per heavy atom. The van der Waals surface area contributed by atoms with E-state index in [-0.39, 0.29) is 11.4 Å². The average molecular weight is 486 g/mol. The molecule has 0 aliphatic carbocycles. The van der Waals surface area contributed by atoms with Crippen LogP contribution in [0.3, 0.4) is 0 Å². The molecule has 0 saturated heterocycles. The summed E-state index contributed by atoms with van der Waals surface area (Å²) in [4.78, 5) is 35.5. The second kappa shape index (κ2) is 11.6. The monoisotopic (exact) mass is 485 g/mol. The first-order valence-corrected chi connectivity index (χ1v) is 12.8. The van der Waals surface area contributed by atoms with E-state index in [4.69, 9.17) is 4.74 Å². The van der Waals surface area contributed by atoms with Gasteiger partial charge < -0.3 is 19.6 Å². The van der Waals surface area contributed by atoms with E-state index in [1.54, 1.807) is 11.8 Å². The van der Waals surface area contributed by atoms with E-state index in [1.807, 2.05) is 38.1 Å². The molecule has 34 heavy (non-hydrogen) atoms. The van der Waals surface area contributed by atoms with Crippen molar-refractivity contribution < 1.29 is 19.4 Å². The summed E-state index contributed by atoms with van der Waals surface area (Å²) >= 11 is 1.29. The van der Waals surface area contributed by atoms with Crippen LogP contribution in [0.2, 0.25) is 0 Å². The van der Waals surface area contributed by atoms with Crippen molar-refractivity contribution in [2.45, 2.75) is 53.5 Å². The van der Waals surface area contributed by atoms with Crippen LogP contribution < -0.4 is 4.74 Å². The van der Waals surface area contributed by atoms with E-state index >= 15 is 0 Å². The highest BCUT2D eigenvalue weighted by Crippen LogP contribution is 2.40. The summed E-state index contributed by atoms with van der Waals surface area (Å²) in [5, 5.41) is 11.7. The normalized spacial score (nSPS) is 16.1. The number of thiazole rings is 1. The number of nitrogens with zero attached hydrogens (tertiary/aromatic N) is 3. The molecule has 184 valence electrons. The summed E-state index contributed by atoms with van der Waals surface area (Å²) in [6.45, 7) is 13.7. The van der Waals surface area contributed by atoms with E-state index < -0.39 is 17.7 Å². The first kappa shape index (κ1) is 25.9. The quantitative estimate of drug-likeness (QED) is 0.433. The van der Waals surface area contributed by atoms with Crippen LogP contribution in [0.25, 0.3) is 0 Å². The summed E-state index contributed by atoms with van der Waals surface area (Å²) < 4.78 is 5.70. The molecule has 1 atom stereocenters. The molecule has 1 amide bonds. The Morgan fingerprint density at radius 3 is 2.41 bits per heavy atom. The number of amides is 1. The van der Waals surface area contributed by atoms with Crippen LogP contribution in [0.4, 0.5) is 0 Å². The minimum absolute atomic E-state index is 0.127. The van der Waals surface area contributed by atoms with Crippen LogP contribution in [0.1, 0.15) is 65.6 Å². The number of aromatic nitrogens is 1. The molecule has 2 aromatic rings. The second-order valence-electron chi connectivity index (χ2n) is 8.44. The molecule has 8 heteroatoms. The van der Waals surface area contributed by atoms with Gasteiger partial charge in [0, 0.05) is 6.54 Å². The van der Waals surface area contributed by atoms with Crippen molar-refractivity contribution in [3.63, 3.8) is 0 Å². The summed E-state index contributed by atoms with van der Waals surface area (Å²) in [5.41, 5.74) is 1.51. The molecule has 1 aromatic heterocycles. The molecule has 0 fully saturated rings. The first-order chi connectivity index (χ1) is 16.3. The van der Waals surface area contributed by atoms with Crippen LogP contribution in [0, 0.1) is 13.8 Å². The van der Waals surface area contributed by atoms with Crippen molar-refractivity contribution in [3.05, 3.63) is 56.7 Å². The number of hydrogen-bond acceptors (Lipinski definition) is 7. The fraction of sp³-hybridized carbons (Fsp3) is 0.500. The zero-order valence-electron chi connectivity index (χ0n) is 20.8. The topological polar surface area (TPSA) is 83.0 Å². The van der Waals surface area contributed by atoms with Crippen molar-refractivity contribution >= 4 is 23.0 Å². The number of carbonyl (C=O) groups is 2. The highest BCUT2D eigenvalue weighted by molar-refractivity contribution is 7.14. The van der Waals surface area contributed by atoms with Gasteiger partial charge in [0.1, 0.15) is 5.75 Å². The molecule has 1 aliphatic heterocycles. The van der Waals surface area contributed by atoms with E-state index in [0.717, 1.165) is 48.8 Å². The molecule has 3 rings (SSSR count). The van der Waals surface area contributed by atoms with Gasteiger partial charge in [0.25, 0.3) is 5.91 Å². The van der Waals surface area contributed by atoms with Crippen LogP contribution in [0.5, 0.6) is 5.75 Å². The largest absolute Gasteiger partial charge is 0.503 e. The zero-order valence-corrected chi connectivity index (χ0v) is 21.6. The summed E-state index contributed by atoms with van der Waals surface area (Å²) in [6, 6.07) is 6.79. The van der Waals surface area contributed by atoms with Gasteiger partial charge in [0.05, 0.1) is 33.8 Å². The Morgan fingerprint density at radius 2 is 1.85 bits per heavy atom. The van der Waals surface area contributed by atoms with Crippen LogP contribution in [-0.2, 0) is 4.79 Å². The number of aliphatic hydroxyl groups excluding tert-OH is 1. The van der Waals surface area contributed by atoms with Gasteiger partial charge in [-0.15, -0.1) is 11.3 Å². The lowest BCUT2D eigenvalue weighted by Crippen LogP contribution is -2.34. The highest BCUT2D eigenvalue weighted by atomic mass is 32.1. The molecule has 0 bridgehead atoms. The number of aliphatic hydroxyl groups is 1. The molecule has 0 radical (unpaired) electrons. The average Bonchev–Trinajstić information content (AvgIpc) is 3.30. The molecular weight excluding hydrogens is 450 g/mol. The van der Waals surface area contributed by atoms with Crippen molar-refractivity contribution in [2.75, 3.05) is 32.8 Å². The molecular formula is C26H35N3O4S. The Kier molecular flexibility index (Phi) is 8.85. The van der Waals surface area contributed by atoms with Gasteiger partial charge in [-0.3, -0.25) is 9.59 Å².